The first-order valence-corrected chi connectivity index (χ1v) is 8.10. The monoisotopic (exact) mass is 311 g/mol. The van der Waals surface area contributed by atoms with Crippen molar-refractivity contribution >= 4 is 5.91 Å². The van der Waals surface area contributed by atoms with E-state index in [1.807, 2.05) is 30.3 Å². The topological polar surface area (TPSA) is 38.3 Å². The molecule has 2 rings (SSSR count). The summed E-state index contributed by atoms with van der Waals surface area (Å²) in [7, 11) is 0. The molecule has 3 heteroatoms. The van der Waals surface area contributed by atoms with Crippen LogP contribution in [0.25, 0.3) is 0 Å². The van der Waals surface area contributed by atoms with Gasteiger partial charge in [0.15, 0.2) is 6.10 Å². The van der Waals surface area contributed by atoms with E-state index < -0.39 is 6.10 Å². The number of hydrogen-bond donors (Lipinski definition) is 1. The van der Waals surface area contributed by atoms with Crippen molar-refractivity contribution < 1.29 is 9.53 Å². The van der Waals surface area contributed by atoms with Crippen LogP contribution in [0.4, 0.5) is 0 Å². The quantitative estimate of drug-likeness (QED) is 0.862. The summed E-state index contributed by atoms with van der Waals surface area (Å²) in [6.45, 7) is 8.01. The number of amides is 1. The number of aryl methyl sites for hydroxylation is 2. The highest BCUT2D eigenvalue weighted by Crippen LogP contribution is 2.22. The van der Waals surface area contributed by atoms with Crippen molar-refractivity contribution in [2.45, 2.75) is 46.3 Å². The summed E-state index contributed by atoms with van der Waals surface area (Å²) in [5, 5.41) is 3.10. The minimum absolute atomic E-state index is 0.00456. The summed E-state index contributed by atoms with van der Waals surface area (Å²) < 4.78 is 5.69. The van der Waals surface area contributed by atoms with Crippen LogP contribution in [0, 0.1) is 13.8 Å². The smallest absolute Gasteiger partial charge is 0.261 e. The molecule has 0 aliphatic carbocycles. The van der Waals surface area contributed by atoms with Crippen molar-refractivity contribution in [2.24, 2.45) is 0 Å². The van der Waals surface area contributed by atoms with Gasteiger partial charge in [-0.25, -0.2) is 0 Å². The highest BCUT2D eigenvalue weighted by atomic mass is 16.5. The number of rotatable bonds is 6. The minimum Gasteiger partial charge on any atom is -0.481 e. The average molecular weight is 311 g/mol. The number of carbonyl (C=O) groups excluding carboxylic acids is 1. The summed E-state index contributed by atoms with van der Waals surface area (Å²) in [6, 6.07) is 15.7. The molecule has 2 atom stereocenters. The van der Waals surface area contributed by atoms with Crippen molar-refractivity contribution in [2.75, 3.05) is 0 Å². The molecule has 2 aromatic carbocycles. The Bertz CT molecular complexity index is 652. The van der Waals surface area contributed by atoms with Gasteiger partial charge in [-0.1, -0.05) is 48.9 Å². The third-order valence-electron chi connectivity index (χ3n) is 3.95. The lowest BCUT2D eigenvalue weighted by Crippen LogP contribution is -2.38. The number of benzene rings is 2. The van der Waals surface area contributed by atoms with Crippen LogP contribution < -0.4 is 10.1 Å². The van der Waals surface area contributed by atoms with Crippen LogP contribution in [-0.2, 0) is 4.79 Å². The van der Waals surface area contributed by atoms with Crippen molar-refractivity contribution in [3.63, 3.8) is 0 Å². The Morgan fingerprint density at radius 1 is 1.13 bits per heavy atom. The Labute approximate surface area is 138 Å². The van der Waals surface area contributed by atoms with Crippen LogP contribution in [0.3, 0.4) is 0 Å². The molecule has 0 spiro atoms. The van der Waals surface area contributed by atoms with E-state index >= 15 is 0 Å². The van der Waals surface area contributed by atoms with E-state index in [4.69, 9.17) is 4.74 Å². The Morgan fingerprint density at radius 3 is 2.43 bits per heavy atom. The van der Waals surface area contributed by atoms with E-state index in [1.165, 1.54) is 16.7 Å². The van der Waals surface area contributed by atoms with Gasteiger partial charge in [0.05, 0.1) is 6.04 Å². The van der Waals surface area contributed by atoms with E-state index in [0.717, 1.165) is 6.42 Å². The molecule has 0 radical (unpaired) electrons. The average Bonchev–Trinajstić information content (AvgIpc) is 2.54. The molecular weight excluding hydrogens is 286 g/mol. The molecule has 1 amide bonds. The molecule has 2 aromatic rings. The molecule has 0 bridgehead atoms. The summed E-state index contributed by atoms with van der Waals surface area (Å²) >= 11 is 0. The second-order valence-corrected chi connectivity index (χ2v) is 5.90. The highest BCUT2D eigenvalue weighted by Gasteiger charge is 2.20. The molecule has 0 saturated heterocycles. The number of para-hydroxylation sites is 1. The van der Waals surface area contributed by atoms with Gasteiger partial charge in [-0.2, -0.15) is 0 Å². The third kappa shape index (κ3) is 4.59. The zero-order valence-corrected chi connectivity index (χ0v) is 14.3. The molecule has 1 N–H and O–H groups in total. The van der Waals surface area contributed by atoms with Gasteiger partial charge in [0, 0.05) is 0 Å². The van der Waals surface area contributed by atoms with Gasteiger partial charge in [0.2, 0.25) is 0 Å². The van der Waals surface area contributed by atoms with E-state index in [1.54, 1.807) is 6.92 Å². The summed E-state index contributed by atoms with van der Waals surface area (Å²) in [4.78, 5) is 12.4. The second kappa shape index (κ2) is 7.82. The molecule has 122 valence electrons. The van der Waals surface area contributed by atoms with Gasteiger partial charge < -0.3 is 10.1 Å². The molecule has 0 aliphatic rings. The van der Waals surface area contributed by atoms with E-state index in [2.05, 4.69) is 44.3 Å². The normalized spacial score (nSPS) is 13.2. The summed E-state index contributed by atoms with van der Waals surface area (Å²) in [5.41, 5.74) is 3.60. The lowest BCUT2D eigenvalue weighted by molar-refractivity contribution is -0.128. The predicted molar refractivity (Wildman–Crippen MR) is 93.6 cm³/mol. The van der Waals surface area contributed by atoms with Gasteiger partial charge in [-0.3, -0.25) is 4.79 Å². The van der Waals surface area contributed by atoms with Crippen molar-refractivity contribution in [3.05, 3.63) is 65.2 Å². The first-order chi connectivity index (χ1) is 11.0. The third-order valence-corrected chi connectivity index (χ3v) is 3.95. The van der Waals surface area contributed by atoms with Crippen molar-refractivity contribution in [1.82, 2.24) is 5.32 Å². The molecule has 0 aliphatic heterocycles. The van der Waals surface area contributed by atoms with Crippen LogP contribution in [0.1, 0.15) is 43.0 Å². The number of carbonyl (C=O) groups is 1. The molecule has 0 heterocycles. The molecule has 0 saturated carbocycles. The van der Waals surface area contributed by atoms with E-state index in [9.17, 15) is 4.79 Å². The van der Waals surface area contributed by atoms with Crippen LogP contribution in [-0.4, -0.2) is 12.0 Å². The fourth-order valence-electron chi connectivity index (χ4n) is 2.66. The van der Waals surface area contributed by atoms with Gasteiger partial charge in [-0.15, -0.1) is 0 Å². The van der Waals surface area contributed by atoms with Crippen LogP contribution in [0.5, 0.6) is 5.75 Å². The van der Waals surface area contributed by atoms with Gasteiger partial charge in [0.1, 0.15) is 5.75 Å². The SMILES string of the molecule is CC[C@H](NC(=O)[C@@H](C)Oc1ccccc1)c1ccc(C)cc1C. The van der Waals surface area contributed by atoms with Crippen LogP contribution in [0.15, 0.2) is 48.5 Å². The maximum Gasteiger partial charge on any atom is 0.261 e. The lowest BCUT2D eigenvalue weighted by atomic mass is 9.97. The van der Waals surface area contributed by atoms with Crippen LogP contribution >= 0.6 is 0 Å². The summed E-state index contributed by atoms with van der Waals surface area (Å²) in [5.74, 6) is 0.607. The van der Waals surface area contributed by atoms with Gasteiger partial charge in [-0.05, 0) is 50.5 Å². The predicted octanol–water partition coefficient (Wildman–Crippen LogP) is 4.34. The van der Waals surface area contributed by atoms with E-state index in [-0.39, 0.29) is 11.9 Å². The fraction of sp³-hybridized carbons (Fsp3) is 0.350. The van der Waals surface area contributed by atoms with E-state index in [0.29, 0.717) is 5.75 Å². The van der Waals surface area contributed by atoms with Gasteiger partial charge >= 0.3 is 0 Å². The highest BCUT2D eigenvalue weighted by molar-refractivity contribution is 5.81. The standard InChI is InChI=1S/C20H25NO2/c1-5-19(18-12-11-14(2)13-15(18)3)21-20(22)16(4)23-17-9-7-6-8-10-17/h6-13,16,19H,5H2,1-4H3,(H,21,22)/t16-,19+/m1/s1. The Morgan fingerprint density at radius 2 is 1.83 bits per heavy atom. The second-order valence-electron chi connectivity index (χ2n) is 5.90. The molecule has 0 aromatic heterocycles. The maximum absolute atomic E-state index is 12.4. The first-order valence-electron chi connectivity index (χ1n) is 8.10. The minimum atomic E-state index is -0.530. The molecule has 0 fully saturated rings. The first kappa shape index (κ1) is 17.1. The lowest BCUT2D eigenvalue weighted by Gasteiger charge is -2.22. The Hall–Kier alpha value is -2.29. The maximum atomic E-state index is 12.4. The Balaban J connectivity index is 2.04. The largest absolute Gasteiger partial charge is 0.481 e. The summed E-state index contributed by atoms with van der Waals surface area (Å²) in [6.07, 6.45) is 0.311. The van der Waals surface area contributed by atoms with Crippen molar-refractivity contribution in [3.8, 4) is 5.75 Å². The Kier molecular flexibility index (Phi) is 5.80. The van der Waals surface area contributed by atoms with Crippen LogP contribution in [0.2, 0.25) is 0 Å². The number of ether oxygens (including phenoxy) is 1. The van der Waals surface area contributed by atoms with Gasteiger partial charge in [0.25, 0.3) is 5.91 Å². The molecule has 3 nitrogen and oxygen atoms in total. The molecular formula is C20H25NO2. The van der Waals surface area contributed by atoms with Crippen molar-refractivity contribution in [1.29, 1.82) is 0 Å². The zero-order chi connectivity index (χ0) is 16.8. The number of hydrogen-bond acceptors (Lipinski definition) is 2. The fourth-order valence-corrected chi connectivity index (χ4v) is 2.66. The molecule has 0 unspecified atom stereocenters. The molecule has 23 heavy (non-hydrogen) atoms. The number of nitrogens with one attached hydrogen (secondary N) is 1. The zero-order valence-electron chi connectivity index (χ0n) is 14.3.